The smallest absolute Gasteiger partial charge is 0.0360 e. The number of hydrogen-bond donors (Lipinski definition) is 1. The zero-order chi connectivity index (χ0) is 12.8. The molecule has 4 fully saturated rings. The Hall–Kier alpha value is -0.340. The Morgan fingerprint density at radius 3 is 2.11 bits per heavy atom. The molecule has 0 unspecified atom stereocenters. The normalized spacial score (nSPS) is 44.1. The van der Waals surface area contributed by atoms with Gasteiger partial charge < -0.3 is 0 Å². The van der Waals surface area contributed by atoms with Gasteiger partial charge in [0.05, 0.1) is 0 Å². The molecule has 102 valence electrons. The van der Waals surface area contributed by atoms with Crippen molar-refractivity contribution in [1.29, 1.82) is 0 Å². The standard InChI is InChI=1S/C16H28N2/c1-3-4-12(2)11-18(17)16-8-13-5-14(9-16)7-15(6-13)10-16/h3-4,12-15H,5-11,17H2,1-2H3/b4-3-/t12-,13?,14?,15?,16?/m0/s1. The maximum atomic E-state index is 6.50. The van der Waals surface area contributed by atoms with Gasteiger partial charge in [0.1, 0.15) is 0 Å². The quantitative estimate of drug-likeness (QED) is 0.470. The lowest BCUT2D eigenvalue weighted by atomic mass is 9.52. The summed E-state index contributed by atoms with van der Waals surface area (Å²) in [7, 11) is 0. The van der Waals surface area contributed by atoms with Gasteiger partial charge in [-0.1, -0.05) is 19.1 Å². The van der Waals surface area contributed by atoms with Gasteiger partial charge in [-0.2, -0.15) is 0 Å². The van der Waals surface area contributed by atoms with E-state index in [1.54, 1.807) is 0 Å². The average Bonchev–Trinajstić information content (AvgIpc) is 2.27. The van der Waals surface area contributed by atoms with Crippen molar-refractivity contribution in [3.8, 4) is 0 Å². The second-order valence-electron chi connectivity index (χ2n) is 7.30. The first-order chi connectivity index (χ1) is 8.61. The third kappa shape index (κ3) is 2.14. The predicted octanol–water partition coefficient (Wildman–Crippen LogP) is 3.34. The van der Waals surface area contributed by atoms with Gasteiger partial charge in [0.2, 0.25) is 0 Å². The van der Waals surface area contributed by atoms with E-state index in [1.165, 1.54) is 38.5 Å². The second-order valence-corrected chi connectivity index (χ2v) is 7.30. The summed E-state index contributed by atoms with van der Waals surface area (Å²) in [4.78, 5) is 0. The molecular formula is C16H28N2. The summed E-state index contributed by atoms with van der Waals surface area (Å²) in [6.45, 7) is 5.40. The van der Waals surface area contributed by atoms with Crippen molar-refractivity contribution in [2.24, 2.45) is 29.5 Å². The van der Waals surface area contributed by atoms with Crippen LogP contribution in [0.15, 0.2) is 12.2 Å². The molecule has 1 atom stereocenters. The third-order valence-electron chi connectivity index (χ3n) is 5.62. The molecule has 0 spiro atoms. The summed E-state index contributed by atoms with van der Waals surface area (Å²) in [5, 5.41) is 2.24. The van der Waals surface area contributed by atoms with Gasteiger partial charge >= 0.3 is 0 Å². The Kier molecular flexibility index (Phi) is 3.27. The minimum atomic E-state index is 0.366. The summed E-state index contributed by atoms with van der Waals surface area (Å²) in [6.07, 6.45) is 13.0. The summed E-state index contributed by atoms with van der Waals surface area (Å²) in [5.41, 5.74) is 0.366. The van der Waals surface area contributed by atoms with E-state index in [9.17, 15) is 0 Å². The molecule has 0 aromatic rings. The zero-order valence-corrected chi connectivity index (χ0v) is 11.9. The Balaban J connectivity index is 1.70. The minimum absolute atomic E-state index is 0.366. The monoisotopic (exact) mass is 248 g/mol. The molecule has 0 saturated heterocycles. The van der Waals surface area contributed by atoms with Crippen LogP contribution in [0.4, 0.5) is 0 Å². The summed E-state index contributed by atoms with van der Waals surface area (Å²) in [6, 6.07) is 0. The van der Waals surface area contributed by atoms with Crippen molar-refractivity contribution < 1.29 is 0 Å². The highest BCUT2D eigenvalue weighted by atomic mass is 15.4. The van der Waals surface area contributed by atoms with E-state index in [4.69, 9.17) is 5.84 Å². The van der Waals surface area contributed by atoms with Crippen LogP contribution < -0.4 is 5.84 Å². The molecule has 0 aliphatic heterocycles. The molecule has 0 radical (unpaired) electrons. The molecule has 2 N–H and O–H groups in total. The van der Waals surface area contributed by atoms with E-state index in [0.717, 1.165) is 24.3 Å². The number of hydrogen-bond acceptors (Lipinski definition) is 2. The Labute approximate surface area is 112 Å². The van der Waals surface area contributed by atoms with Gasteiger partial charge in [-0.25, -0.2) is 5.01 Å². The minimum Gasteiger partial charge on any atom is -0.268 e. The molecule has 0 amide bonds. The lowest BCUT2D eigenvalue weighted by molar-refractivity contribution is -0.0923. The van der Waals surface area contributed by atoms with Gasteiger partial charge in [0.15, 0.2) is 0 Å². The number of nitrogens with zero attached hydrogens (tertiary/aromatic N) is 1. The number of rotatable bonds is 4. The van der Waals surface area contributed by atoms with E-state index in [2.05, 4.69) is 31.0 Å². The predicted molar refractivity (Wildman–Crippen MR) is 75.8 cm³/mol. The van der Waals surface area contributed by atoms with Crippen molar-refractivity contribution in [3.63, 3.8) is 0 Å². The fraction of sp³-hybridized carbons (Fsp3) is 0.875. The molecule has 4 aliphatic rings. The van der Waals surface area contributed by atoms with Gasteiger partial charge in [-0.3, -0.25) is 5.84 Å². The van der Waals surface area contributed by atoms with Crippen molar-refractivity contribution in [2.75, 3.05) is 6.54 Å². The summed E-state index contributed by atoms with van der Waals surface area (Å²) in [5.74, 6) is 10.0. The van der Waals surface area contributed by atoms with Crippen LogP contribution in [0.25, 0.3) is 0 Å². The summed E-state index contributed by atoms with van der Waals surface area (Å²) < 4.78 is 0. The molecule has 4 aliphatic carbocycles. The van der Waals surface area contributed by atoms with Gasteiger partial charge in [-0.15, -0.1) is 0 Å². The molecule has 2 heteroatoms. The van der Waals surface area contributed by atoms with Crippen LogP contribution in [-0.2, 0) is 0 Å². The van der Waals surface area contributed by atoms with E-state index in [-0.39, 0.29) is 0 Å². The molecule has 2 nitrogen and oxygen atoms in total. The molecule has 0 heterocycles. The topological polar surface area (TPSA) is 29.3 Å². The van der Waals surface area contributed by atoms with Crippen LogP contribution in [0, 0.1) is 23.7 Å². The van der Waals surface area contributed by atoms with Crippen molar-refractivity contribution in [3.05, 3.63) is 12.2 Å². The average molecular weight is 248 g/mol. The van der Waals surface area contributed by atoms with E-state index >= 15 is 0 Å². The first-order valence-corrected chi connectivity index (χ1v) is 7.76. The molecule has 0 aromatic heterocycles. The largest absolute Gasteiger partial charge is 0.268 e. The van der Waals surface area contributed by atoms with Crippen molar-refractivity contribution in [2.45, 2.75) is 57.9 Å². The highest BCUT2D eigenvalue weighted by molar-refractivity contribution is 5.06. The lowest BCUT2D eigenvalue weighted by Gasteiger charge is -2.59. The highest BCUT2D eigenvalue weighted by Gasteiger charge is 2.53. The van der Waals surface area contributed by atoms with E-state index < -0.39 is 0 Å². The van der Waals surface area contributed by atoms with E-state index in [1.807, 2.05) is 0 Å². The summed E-state index contributed by atoms with van der Waals surface area (Å²) >= 11 is 0. The molecule has 4 rings (SSSR count). The molecule has 0 aromatic carbocycles. The SMILES string of the molecule is C/C=C\[C@H](C)CN(N)C12CC3CC(CC(C3)C1)C2. The molecule has 4 saturated carbocycles. The zero-order valence-electron chi connectivity index (χ0n) is 11.9. The van der Waals surface area contributed by atoms with Crippen LogP contribution in [-0.4, -0.2) is 17.1 Å². The van der Waals surface area contributed by atoms with Crippen LogP contribution in [0.3, 0.4) is 0 Å². The van der Waals surface area contributed by atoms with Crippen LogP contribution in [0.2, 0.25) is 0 Å². The Bertz CT molecular complexity index is 299. The third-order valence-corrected chi connectivity index (χ3v) is 5.62. The highest BCUT2D eigenvalue weighted by Crippen LogP contribution is 2.57. The molecule has 4 bridgehead atoms. The fourth-order valence-corrected chi connectivity index (χ4v) is 5.31. The van der Waals surface area contributed by atoms with Gasteiger partial charge in [0.25, 0.3) is 0 Å². The van der Waals surface area contributed by atoms with E-state index in [0.29, 0.717) is 11.5 Å². The first-order valence-electron chi connectivity index (χ1n) is 7.76. The number of nitrogens with two attached hydrogens (primary N) is 1. The molecule has 18 heavy (non-hydrogen) atoms. The second kappa shape index (κ2) is 4.64. The van der Waals surface area contributed by atoms with Crippen molar-refractivity contribution >= 4 is 0 Å². The van der Waals surface area contributed by atoms with Gasteiger partial charge in [0, 0.05) is 12.1 Å². The lowest BCUT2D eigenvalue weighted by Crippen LogP contribution is -2.63. The Morgan fingerprint density at radius 2 is 1.67 bits per heavy atom. The van der Waals surface area contributed by atoms with Crippen LogP contribution in [0.1, 0.15) is 52.4 Å². The first kappa shape index (κ1) is 12.7. The fourth-order valence-electron chi connectivity index (χ4n) is 5.31. The number of hydrazine groups is 1. The molecular weight excluding hydrogens is 220 g/mol. The van der Waals surface area contributed by atoms with Gasteiger partial charge in [-0.05, 0) is 69.1 Å². The van der Waals surface area contributed by atoms with Crippen LogP contribution in [0.5, 0.6) is 0 Å². The van der Waals surface area contributed by atoms with Crippen molar-refractivity contribution in [1.82, 2.24) is 5.01 Å². The Morgan fingerprint density at radius 1 is 1.17 bits per heavy atom. The maximum Gasteiger partial charge on any atom is 0.0360 e. The maximum absolute atomic E-state index is 6.50. The number of allylic oxidation sites excluding steroid dienone is 1. The van der Waals surface area contributed by atoms with Crippen LogP contribution >= 0.6 is 0 Å².